The third-order valence-electron chi connectivity index (χ3n) is 5.03. The molecule has 0 saturated heterocycles. The summed E-state index contributed by atoms with van der Waals surface area (Å²) >= 11 is 0. The number of aliphatic carboxylic acids is 1. The molecule has 3 aromatic rings. The van der Waals surface area contributed by atoms with Crippen molar-refractivity contribution in [2.24, 2.45) is 5.73 Å². The molecule has 0 bridgehead atoms. The zero-order valence-corrected chi connectivity index (χ0v) is 17.0. The summed E-state index contributed by atoms with van der Waals surface area (Å²) in [6, 6.07) is 20.5. The van der Waals surface area contributed by atoms with Gasteiger partial charge < -0.3 is 20.7 Å². The maximum Gasteiger partial charge on any atom is 0.326 e. The minimum atomic E-state index is -1.16. The van der Waals surface area contributed by atoms with E-state index in [1.165, 1.54) is 10.6 Å². The average Bonchev–Trinajstić information content (AvgIpc) is 2.79. The van der Waals surface area contributed by atoms with Gasteiger partial charge in [0.1, 0.15) is 11.6 Å². The molecule has 7 nitrogen and oxygen atoms in total. The lowest BCUT2D eigenvalue weighted by Gasteiger charge is -2.22. The van der Waals surface area contributed by atoms with Gasteiger partial charge in [-0.1, -0.05) is 60.7 Å². The van der Waals surface area contributed by atoms with Crippen LogP contribution in [0, 0.1) is 0 Å². The predicted molar refractivity (Wildman–Crippen MR) is 118 cm³/mol. The number of benzene rings is 2. The molecule has 3 rings (SSSR count). The van der Waals surface area contributed by atoms with Crippen LogP contribution in [-0.4, -0.2) is 34.1 Å². The van der Waals surface area contributed by atoms with Crippen LogP contribution < -0.4 is 16.6 Å². The molecule has 0 spiro atoms. The summed E-state index contributed by atoms with van der Waals surface area (Å²) in [4.78, 5) is 37.5. The van der Waals surface area contributed by atoms with E-state index >= 15 is 0 Å². The van der Waals surface area contributed by atoms with E-state index in [-0.39, 0.29) is 12.0 Å². The molecule has 31 heavy (non-hydrogen) atoms. The van der Waals surface area contributed by atoms with E-state index in [1.54, 1.807) is 12.3 Å². The van der Waals surface area contributed by atoms with Crippen LogP contribution in [0.2, 0.25) is 0 Å². The van der Waals surface area contributed by atoms with Crippen molar-refractivity contribution in [3.63, 3.8) is 0 Å². The number of hydrogen-bond donors (Lipinski definition) is 3. The Morgan fingerprint density at radius 2 is 1.52 bits per heavy atom. The van der Waals surface area contributed by atoms with Crippen LogP contribution in [0.3, 0.4) is 0 Å². The van der Waals surface area contributed by atoms with Crippen molar-refractivity contribution in [1.29, 1.82) is 0 Å². The third-order valence-corrected chi connectivity index (χ3v) is 5.03. The van der Waals surface area contributed by atoms with Crippen LogP contribution in [0.4, 0.5) is 0 Å². The van der Waals surface area contributed by atoms with E-state index in [9.17, 15) is 19.5 Å². The second-order valence-corrected chi connectivity index (χ2v) is 7.15. The fraction of sp³-hybridized carbons (Fsp3) is 0.208. The average molecular weight is 419 g/mol. The highest BCUT2D eigenvalue weighted by Crippen LogP contribution is 2.25. The van der Waals surface area contributed by atoms with E-state index in [4.69, 9.17) is 5.73 Å². The molecule has 0 aliphatic rings. The minimum absolute atomic E-state index is 0.113. The molecule has 160 valence electrons. The number of carboxylic acid groups (broad SMARTS) is 1. The smallest absolute Gasteiger partial charge is 0.326 e. The molecule has 1 aromatic heterocycles. The van der Waals surface area contributed by atoms with Gasteiger partial charge in [0, 0.05) is 6.20 Å². The highest BCUT2D eigenvalue weighted by molar-refractivity contribution is 5.96. The van der Waals surface area contributed by atoms with E-state index in [1.807, 2.05) is 60.7 Å². The van der Waals surface area contributed by atoms with Crippen LogP contribution in [0.1, 0.15) is 40.4 Å². The highest BCUT2D eigenvalue weighted by Gasteiger charge is 2.24. The molecule has 0 aliphatic heterocycles. The number of carboxylic acids is 1. The van der Waals surface area contributed by atoms with Gasteiger partial charge in [-0.25, -0.2) is 4.79 Å². The predicted octanol–water partition coefficient (Wildman–Crippen LogP) is 2.41. The fourth-order valence-corrected chi connectivity index (χ4v) is 3.49. The Bertz CT molecular complexity index is 1040. The summed E-state index contributed by atoms with van der Waals surface area (Å²) in [5.41, 5.74) is 6.61. The van der Waals surface area contributed by atoms with E-state index in [0.29, 0.717) is 13.0 Å². The van der Waals surface area contributed by atoms with E-state index in [2.05, 4.69) is 5.32 Å². The number of carbonyl (C=O) groups excluding carboxylic acids is 1. The minimum Gasteiger partial charge on any atom is -0.480 e. The zero-order valence-electron chi connectivity index (χ0n) is 17.0. The van der Waals surface area contributed by atoms with Crippen LogP contribution in [-0.2, 0) is 4.79 Å². The molecule has 0 saturated carbocycles. The van der Waals surface area contributed by atoms with Crippen molar-refractivity contribution >= 4 is 11.9 Å². The lowest BCUT2D eigenvalue weighted by molar-refractivity contribution is -0.139. The SMILES string of the molecule is NCCC[C@H](NC(=O)c1cccn(C(c2ccccc2)c2ccccc2)c1=O)C(=O)O. The molecule has 0 radical (unpaired) electrons. The van der Waals surface area contributed by atoms with Crippen LogP contribution in [0.15, 0.2) is 83.8 Å². The van der Waals surface area contributed by atoms with Crippen molar-refractivity contribution < 1.29 is 14.7 Å². The van der Waals surface area contributed by atoms with Crippen LogP contribution >= 0.6 is 0 Å². The quantitative estimate of drug-likeness (QED) is 0.493. The Morgan fingerprint density at radius 3 is 2.03 bits per heavy atom. The van der Waals surface area contributed by atoms with Gasteiger partial charge >= 0.3 is 5.97 Å². The van der Waals surface area contributed by atoms with Crippen molar-refractivity contribution in [2.75, 3.05) is 6.54 Å². The fourth-order valence-electron chi connectivity index (χ4n) is 3.49. The summed E-state index contributed by atoms with van der Waals surface area (Å²) in [5, 5.41) is 11.8. The number of nitrogens with two attached hydrogens (primary N) is 1. The third kappa shape index (κ3) is 5.26. The molecule has 2 aromatic carbocycles. The largest absolute Gasteiger partial charge is 0.480 e. The number of rotatable bonds is 9. The second kappa shape index (κ2) is 10.4. The Balaban J connectivity index is 2.00. The molecule has 4 N–H and O–H groups in total. The van der Waals surface area contributed by atoms with Gasteiger partial charge in [-0.05, 0) is 42.6 Å². The Hall–Kier alpha value is -3.71. The molecule has 1 atom stereocenters. The number of amides is 1. The topological polar surface area (TPSA) is 114 Å². The Morgan fingerprint density at radius 1 is 0.935 bits per heavy atom. The van der Waals surface area contributed by atoms with Gasteiger partial charge in [0.15, 0.2) is 0 Å². The number of hydrogen-bond acceptors (Lipinski definition) is 4. The first-order valence-corrected chi connectivity index (χ1v) is 10.1. The molecule has 0 aliphatic carbocycles. The van der Waals surface area contributed by atoms with Crippen LogP contribution in [0.25, 0.3) is 0 Å². The molecule has 1 heterocycles. The van der Waals surface area contributed by atoms with Crippen LogP contribution in [0.5, 0.6) is 0 Å². The molecule has 7 heteroatoms. The lowest BCUT2D eigenvalue weighted by atomic mass is 9.98. The second-order valence-electron chi connectivity index (χ2n) is 7.15. The summed E-state index contributed by atoms with van der Waals surface area (Å²) in [6.45, 7) is 0.313. The van der Waals surface area contributed by atoms with Gasteiger partial charge in [-0.15, -0.1) is 0 Å². The van der Waals surface area contributed by atoms with Crippen molar-refractivity contribution in [3.05, 3.63) is 106 Å². The first-order valence-electron chi connectivity index (χ1n) is 10.1. The first kappa shape index (κ1) is 22.0. The number of pyridine rings is 1. The van der Waals surface area contributed by atoms with Crippen molar-refractivity contribution in [2.45, 2.75) is 24.9 Å². The van der Waals surface area contributed by atoms with Gasteiger partial charge in [0.25, 0.3) is 11.5 Å². The summed E-state index contributed by atoms with van der Waals surface area (Å²) in [7, 11) is 0. The van der Waals surface area contributed by atoms with Crippen molar-refractivity contribution in [1.82, 2.24) is 9.88 Å². The Labute approximate surface area is 180 Å². The number of aromatic nitrogens is 1. The maximum atomic E-state index is 13.3. The van der Waals surface area contributed by atoms with Gasteiger partial charge in [0.05, 0.1) is 6.04 Å². The summed E-state index contributed by atoms with van der Waals surface area (Å²) in [6.07, 6.45) is 2.27. The van der Waals surface area contributed by atoms with Gasteiger partial charge in [-0.2, -0.15) is 0 Å². The molecule has 0 unspecified atom stereocenters. The number of nitrogens with one attached hydrogen (secondary N) is 1. The Kier molecular flexibility index (Phi) is 7.35. The van der Waals surface area contributed by atoms with Gasteiger partial charge in [-0.3, -0.25) is 9.59 Å². The monoisotopic (exact) mass is 419 g/mol. The highest BCUT2D eigenvalue weighted by atomic mass is 16.4. The normalized spacial score (nSPS) is 11.8. The first-order chi connectivity index (χ1) is 15.0. The van der Waals surface area contributed by atoms with Crippen molar-refractivity contribution in [3.8, 4) is 0 Å². The molecule has 1 amide bonds. The zero-order chi connectivity index (χ0) is 22.2. The van der Waals surface area contributed by atoms with E-state index in [0.717, 1.165) is 11.1 Å². The maximum absolute atomic E-state index is 13.3. The number of carbonyl (C=O) groups is 2. The number of nitrogens with zero attached hydrogens (tertiary/aromatic N) is 1. The van der Waals surface area contributed by atoms with Gasteiger partial charge in [0.2, 0.25) is 0 Å². The molecular formula is C24H25N3O4. The summed E-state index contributed by atoms with van der Waals surface area (Å²) < 4.78 is 1.50. The summed E-state index contributed by atoms with van der Waals surface area (Å²) in [5.74, 6) is -1.88. The lowest BCUT2D eigenvalue weighted by Crippen LogP contribution is -2.43. The standard InChI is InChI=1S/C24H25N3O4/c25-15-7-14-20(24(30)31)26-22(28)19-13-8-16-27(23(19)29)21(17-9-3-1-4-10-17)18-11-5-2-6-12-18/h1-6,8-13,16,20-21H,7,14-15,25H2,(H,26,28)(H,30,31)/t20-/m0/s1. The molecular weight excluding hydrogens is 394 g/mol. The molecule has 0 fully saturated rings. The van der Waals surface area contributed by atoms with E-state index < -0.39 is 29.5 Å².